The molecule has 5 rings (SSSR count). The van der Waals surface area contributed by atoms with Gasteiger partial charge in [0.05, 0.1) is 6.04 Å². The Balaban J connectivity index is 1.46. The molecule has 4 aromatic carbocycles. The van der Waals surface area contributed by atoms with Crippen LogP contribution in [0.2, 0.25) is 0 Å². The van der Waals surface area contributed by atoms with Gasteiger partial charge >= 0.3 is 0 Å². The molecule has 0 saturated heterocycles. The molecule has 1 nitrogen and oxygen atoms in total. The van der Waals surface area contributed by atoms with Crippen LogP contribution in [0, 0.1) is 5.41 Å². The minimum atomic E-state index is -0.232. The molecule has 0 heterocycles. The van der Waals surface area contributed by atoms with E-state index in [9.17, 15) is 0 Å². The Kier molecular flexibility index (Phi) is 9.00. The lowest BCUT2D eigenvalue weighted by molar-refractivity contribution is 0.406. The molecule has 0 spiro atoms. The van der Waals surface area contributed by atoms with Crippen molar-refractivity contribution in [2.24, 2.45) is 11.1 Å². The summed E-state index contributed by atoms with van der Waals surface area (Å²) < 4.78 is 0. The van der Waals surface area contributed by atoms with Crippen LogP contribution in [0.25, 0.3) is 22.3 Å². The van der Waals surface area contributed by atoms with Gasteiger partial charge in [-0.1, -0.05) is 165 Å². The topological polar surface area (TPSA) is 26.0 Å². The molecular formula is C41H41N. The number of nitrogens with two attached hydrogens (primary N) is 1. The monoisotopic (exact) mass is 547 g/mol. The summed E-state index contributed by atoms with van der Waals surface area (Å²) in [6, 6.07) is 38.7. The van der Waals surface area contributed by atoms with E-state index >= 15 is 0 Å². The van der Waals surface area contributed by atoms with Crippen molar-refractivity contribution in [2.75, 3.05) is 0 Å². The van der Waals surface area contributed by atoms with Gasteiger partial charge < -0.3 is 5.73 Å². The molecule has 2 N–H and O–H groups in total. The maximum Gasteiger partial charge on any atom is 0.0522 e. The third kappa shape index (κ3) is 6.38. The highest BCUT2D eigenvalue weighted by molar-refractivity contribution is 5.73. The summed E-state index contributed by atoms with van der Waals surface area (Å²) in [4.78, 5) is 0. The Hall–Kier alpha value is -4.46. The van der Waals surface area contributed by atoms with E-state index in [2.05, 4.69) is 160 Å². The first-order chi connectivity index (χ1) is 20.4. The standard InChI is InChI=1S/C41H41N/c1-5-6-14-30(2)21-22-32-27-39(40(42)36-17-11-8-12-18-36)41(4,29-32)31(3)33-23-25-35(26-24-33)38-20-13-19-37(28-38)34-15-9-7-10-16-34/h5-29,31,40H,42H2,1-4H3/b6-5+,22-21-,30-14-. The highest BCUT2D eigenvalue weighted by Gasteiger charge is 2.40. The Morgan fingerprint density at radius 3 is 1.98 bits per heavy atom. The smallest absolute Gasteiger partial charge is 0.0522 e. The van der Waals surface area contributed by atoms with E-state index in [-0.39, 0.29) is 17.4 Å². The molecule has 1 heteroatoms. The number of benzene rings is 4. The minimum absolute atomic E-state index is 0.180. The van der Waals surface area contributed by atoms with Crippen molar-refractivity contribution in [3.8, 4) is 22.3 Å². The molecule has 0 saturated carbocycles. The van der Waals surface area contributed by atoms with E-state index < -0.39 is 0 Å². The van der Waals surface area contributed by atoms with Crippen molar-refractivity contribution in [1.29, 1.82) is 0 Å². The van der Waals surface area contributed by atoms with Crippen LogP contribution >= 0.6 is 0 Å². The van der Waals surface area contributed by atoms with Gasteiger partial charge in [-0.3, -0.25) is 0 Å². The Morgan fingerprint density at radius 2 is 1.33 bits per heavy atom. The zero-order valence-corrected chi connectivity index (χ0v) is 25.2. The van der Waals surface area contributed by atoms with Crippen molar-refractivity contribution in [3.05, 3.63) is 180 Å². The number of allylic oxidation sites excluding steroid dienone is 9. The zero-order valence-electron chi connectivity index (χ0n) is 25.2. The molecule has 3 unspecified atom stereocenters. The third-order valence-corrected chi connectivity index (χ3v) is 8.61. The molecule has 0 aliphatic heterocycles. The van der Waals surface area contributed by atoms with Crippen LogP contribution in [-0.2, 0) is 0 Å². The van der Waals surface area contributed by atoms with Crippen molar-refractivity contribution in [1.82, 2.24) is 0 Å². The summed E-state index contributed by atoms with van der Waals surface area (Å²) in [5, 5.41) is 0. The first kappa shape index (κ1) is 29.0. The Bertz CT molecular complexity index is 1650. The van der Waals surface area contributed by atoms with Gasteiger partial charge in [-0.15, -0.1) is 0 Å². The average molecular weight is 548 g/mol. The SMILES string of the molecule is C/C=C/C=C(C)\C=C/C1=CC(C)(C(C)c2ccc(-c3cccc(-c4ccccc4)c3)cc2)C(C(N)c2ccccc2)=C1. The van der Waals surface area contributed by atoms with E-state index in [1.54, 1.807) is 0 Å². The van der Waals surface area contributed by atoms with Crippen LogP contribution in [-0.4, -0.2) is 0 Å². The molecule has 4 aromatic rings. The second-order valence-corrected chi connectivity index (χ2v) is 11.5. The Labute approximate surface area is 252 Å². The summed E-state index contributed by atoms with van der Waals surface area (Å²) >= 11 is 0. The van der Waals surface area contributed by atoms with Crippen molar-refractivity contribution in [2.45, 2.75) is 39.7 Å². The van der Waals surface area contributed by atoms with E-state index in [4.69, 9.17) is 5.73 Å². The van der Waals surface area contributed by atoms with Crippen LogP contribution < -0.4 is 5.73 Å². The first-order valence-corrected chi connectivity index (χ1v) is 14.9. The summed E-state index contributed by atoms with van der Waals surface area (Å²) in [7, 11) is 0. The highest BCUT2D eigenvalue weighted by atomic mass is 14.7. The number of hydrogen-bond donors (Lipinski definition) is 1. The molecule has 0 radical (unpaired) electrons. The summed E-state index contributed by atoms with van der Waals surface area (Å²) in [5.74, 6) is 0.230. The fourth-order valence-corrected chi connectivity index (χ4v) is 5.89. The molecule has 42 heavy (non-hydrogen) atoms. The summed E-state index contributed by atoms with van der Waals surface area (Å²) in [5.41, 5.74) is 17.8. The van der Waals surface area contributed by atoms with Gasteiger partial charge in [0.25, 0.3) is 0 Å². The molecule has 1 aliphatic rings. The van der Waals surface area contributed by atoms with Gasteiger partial charge in [0.15, 0.2) is 0 Å². The third-order valence-electron chi connectivity index (χ3n) is 8.61. The normalized spacial score (nSPS) is 18.7. The second-order valence-electron chi connectivity index (χ2n) is 11.5. The van der Waals surface area contributed by atoms with E-state index in [1.807, 2.05) is 19.1 Å². The molecular weight excluding hydrogens is 506 g/mol. The van der Waals surface area contributed by atoms with Crippen LogP contribution in [0.4, 0.5) is 0 Å². The Morgan fingerprint density at radius 1 is 0.738 bits per heavy atom. The maximum atomic E-state index is 6.99. The van der Waals surface area contributed by atoms with Gasteiger partial charge in [-0.25, -0.2) is 0 Å². The van der Waals surface area contributed by atoms with Gasteiger partial charge in [0.1, 0.15) is 0 Å². The van der Waals surface area contributed by atoms with Gasteiger partial charge in [0, 0.05) is 5.41 Å². The fourth-order valence-electron chi connectivity index (χ4n) is 5.89. The first-order valence-electron chi connectivity index (χ1n) is 14.9. The molecule has 0 bridgehead atoms. The summed E-state index contributed by atoms with van der Waals surface area (Å²) in [6.07, 6.45) is 15.4. The second kappa shape index (κ2) is 13.0. The lowest BCUT2D eigenvalue weighted by Gasteiger charge is -2.36. The van der Waals surface area contributed by atoms with E-state index in [1.165, 1.54) is 44.5 Å². The largest absolute Gasteiger partial charge is 0.321 e. The lowest BCUT2D eigenvalue weighted by atomic mass is 9.68. The molecule has 0 amide bonds. The van der Waals surface area contributed by atoms with Crippen LogP contribution in [0.1, 0.15) is 50.8 Å². The molecule has 0 fully saturated rings. The van der Waals surface area contributed by atoms with Crippen molar-refractivity contribution in [3.63, 3.8) is 0 Å². The number of hydrogen-bond acceptors (Lipinski definition) is 1. The van der Waals surface area contributed by atoms with Crippen molar-refractivity contribution >= 4 is 0 Å². The van der Waals surface area contributed by atoms with Gasteiger partial charge in [0.2, 0.25) is 0 Å². The minimum Gasteiger partial charge on any atom is -0.321 e. The van der Waals surface area contributed by atoms with Crippen molar-refractivity contribution < 1.29 is 0 Å². The summed E-state index contributed by atoms with van der Waals surface area (Å²) in [6.45, 7) is 8.84. The zero-order chi connectivity index (χ0) is 29.5. The van der Waals surface area contributed by atoms with Gasteiger partial charge in [-0.05, 0) is 70.4 Å². The van der Waals surface area contributed by atoms with Crippen LogP contribution in [0.15, 0.2) is 168 Å². The quantitative estimate of drug-likeness (QED) is 0.207. The molecule has 0 aromatic heterocycles. The van der Waals surface area contributed by atoms with Gasteiger partial charge in [-0.2, -0.15) is 0 Å². The molecule has 3 atom stereocenters. The number of rotatable bonds is 9. The van der Waals surface area contributed by atoms with Crippen LogP contribution in [0.5, 0.6) is 0 Å². The lowest BCUT2D eigenvalue weighted by Crippen LogP contribution is -2.29. The van der Waals surface area contributed by atoms with E-state index in [0.29, 0.717) is 0 Å². The maximum absolute atomic E-state index is 6.99. The average Bonchev–Trinajstić information content (AvgIpc) is 3.40. The fraction of sp³-hybridized carbons (Fsp3) is 0.171. The van der Waals surface area contributed by atoms with Crippen LogP contribution in [0.3, 0.4) is 0 Å². The molecule has 1 aliphatic carbocycles. The molecule has 210 valence electrons. The highest BCUT2D eigenvalue weighted by Crippen LogP contribution is 2.51. The predicted molar refractivity (Wildman–Crippen MR) is 181 cm³/mol. The van der Waals surface area contributed by atoms with E-state index in [0.717, 1.165) is 5.56 Å². The predicted octanol–water partition coefficient (Wildman–Crippen LogP) is 10.8.